The molecule has 0 aliphatic heterocycles. The molecule has 0 aromatic heterocycles. The molecule has 0 aliphatic carbocycles. The van der Waals surface area contributed by atoms with Gasteiger partial charge in [-0.1, -0.05) is 0 Å². The lowest BCUT2D eigenvalue weighted by Gasteiger charge is -2.22. The molecule has 0 heterocycles. The molecule has 0 saturated heterocycles. The smallest absolute Gasteiger partial charge is 0.368 e. The average molecular weight is 184 g/mol. The number of alkyl halides is 3. The first-order valence-corrected chi connectivity index (χ1v) is 3.25. The van der Waals surface area contributed by atoms with E-state index in [0.717, 1.165) is 4.90 Å². The van der Waals surface area contributed by atoms with Gasteiger partial charge in [0.15, 0.2) is 0 Å². The normalized spacial score (nSPS) is 13.2. The fourth-order valence-electron chi connectivity index (χ4n) is 0.653. The quantitative estimate of drug-likeness (QED) is 0.276. The van der Waals surface area contributed by atoms with Crippen molar-refractivity contribution in [3.8, 4) is 0 Å². The molecule has 0 amide bonds. The molecule has 0 aliphatic rings. The number of guanidine groups is 1. The Balaban J connectivity index is 4.19. The van der Waals surface area contributed by atoms with E-state index in [9.17, 15) is 13.2 Å². The van der Waals surface area contributed by atoms with Crippen LogP contribution in [0, 0.1) is 0 Å². The third-order valence-electron chi connectivity index (χ3n) is 1.21. The highest BCUT2D eigenvalue weighted by molar-refractivity contribution is 5.77. The van der Waals surface area contributed by atoms with Gasteiger partial charge in [-0.15, -0.1) is 5.10 Å². The minimum Gasteiger partial charge on any atom is -0.368 e. The summed E-state index contributed by atoms with van der Waals surface area (Å²) in [7, 11) is 0. The van der Waals surface area contributed by atoms with Gasteiger partial charge < -0.3 is 16.5 Å². The van der Waals surface area contributed by atoms with Gasteiger partial charge in [0, 0.05) is 6.54 Å². The standard InChI is InChI=1S/C5H11F3N4/c1-2-12(4(9)11-10)3-5(6,7)8/h2-3,10H2,1H3,(H2,9,11). The van der Waals surface area contributed by atoms with Crippen LogP contribution in [0.3, 0.4) is 0 Å². The molecule has 72 valence electrons. The van der Waals surface area contributed by atoms with Crippen molar-refractivity contribution in [2.75, 3.05) is 13.1 Å². The van der Waals surface area contributed by atoms with Crippen LogP contribution in [0.4, 0.5) is 13.2 Å². The third-order valence-corrected chi connectivity index (χ3v) is 1.21. The van der Waals surface area contributed by atoms with Gasteiger partial charge in [-0.05, 0) is 6.92 Å². The van der Waals surface area contributed by atoms with Crippen LogP contribution in [0.25, 0.3) is 0 Å². The van der Waals surface area contributed by atoms with Gasteiger partial charge in [0.05, 0.1) is 0 Å². The molecule has 0 fully saturated rings. The van der Waals surface area contributed by atoms with Crippen LogP contribution in [0.1, 0.15) is 6.92 Å². The van der Waals surface area contributed by atoms with Gasteiger partial charge in [0.1, 0.15) is 6.54 Å². The number of hydrogen-bond acceptors (Lipinski definition) is 2. The van der Waals surface area contributed by atoms with Gasteiger partial charge in [0.2, 0.25) is 5.96 Å². The maximum Gasteiger partial charge on any atom is 0.406 e. The summed E-state index contributed by atoms with van der Waals surface area (Å²) in [5.41, 5.74) is 5.09. The van der Waals surface area contributed by atoms with Crippen LogP contribution in [0.5, 0.6) is 0 Å². The summed E-state index contributed by atoms with van der Waals surface area (Å²) in [5, 5.41) is 2.96. The van der Waals surface area contributed by atoms with Crippen molar-refractivity contribution in [2.24, 2.45) is 16.7 Å². The SMILES string of the molecule is CCN(CC(F)(F)F)C(N)=NN. The van der Waals surface area contributed by atoms with E-state index >= 15 is 0 Å². The zero-order chi connectivity index (χ0) is 9.78. The van der Waals surface area contributed by atoms with Crippen LogP contribution >= 0.6 is 0 Å². The van der Waals surface area contributed by atoms with Crippen molar-refractivity contribution in [3.63, 3.8) is 0 Å². The molecule has 4 nitrogen and oxygen atoms in total. The van der Waals surface area contributed by atoms with Crippen molar-refractivity contribution in [1.29, 1.82) is 0 Å². The van der Waals surface area contributed by atoms with E-state index in [1.54, 1.807) is 0 Å². The molecular formula is C5H11F3N4. The number of nitrogens with two attached hydrogens (primary N) is 2. The van der Waals surface area contributed by atoms with Crippen molar-refractivity contribution in [1.82, 2.24) is 4.90 Å². The van der Waals surface area contributed by atoms with Crippen LogP contribution in [0.2, 0.25) is 0 Å². The number of halogens is 3. The van der Waals surface area contributed by atoms with Crippen LogP contribution in [-0.2, 0) is 0 Å². The second-order valence-electron chi connectivity index (χ2n) is 2.12. The van der Waals surface area contributed by atoms with Gasteiger partial charge in [0.25, 0.3) is 0 Å². The second-order valence-corrected chi connectivity index (χ2v) is 2.12. The van der Waals surface area contributed by atoms with E-state index in [-0.39, 0.29) is 12.5 Å². The summed E-state index contributed by atoms with van der Waals surface area (Å²) in [4.78, 5) is 0.833. The topological polar surface area (TPSA) is 67.6 Å². The summed E-state index contributed by atoms with van der Waals surface area (Å²) in [6.07, 6.45) is -4.29. The molecule has 0 bridgehead atoms. The van der Waals surface area contributed by atoms with Gasteiger partial charge in [-0.3, -0.25) is 0 Å². The van der Waals surface area contributed by atoms with Crippen LogP contribution in [-0.4, -0.2) is 30.1 Å². The predicted molar refractivity (Wildman–Crippen MR) is 39.1 cm³/mol. The first kappa shape index (κ1) is 10.9. The Labute approximate surface area is 68.0 Å². The van der Waals surface area contributed by atoms with Crippen molar-refractivity contribution in [3.05, 3.63) is 0 Å². The van der Waals surface area contributed by atoms with E-state index < -0.39 is 12.7 Å². The zero-order valence-electron chi connectivity index (χ0n) is 6.60. The molecular weight excluding hydrogens is 173 g/mol. The molecule has 0 spiro atoms. The Morgan fingerprint density at radius 1 is 1.50 bits per heavy atom. The van der Waals surface area contributed by atoms with Crippen LogP contribution in [0.15, 0.2) is 5.10 Å². The van der Waals surface area contributed by atoms with Gasteiger partial charge >= 0.3 is 6.18 Å². The molecule has 7 heteroatoms. The maximum atomic E-state index is 11.8. The molecule has 0 saturated carbocycles. The van der Waals surface area contributed by atoms with Gasteiger partial charge in [-0.25, -0.2) is 0 Å². The Morgan fingerprint density at radius 3 is 2.25 bits per heavy atom. The van der Waals surface area contributed by atoms with E-state index in [2.05, 4.69) is 5.10 Å². The van der Waals surface area contributed by atoms with E-state index in [1.165, 1.54) is 6.92 Å². The first-order chi connectivity index (χ1) is 5.40. The Hall–Kier alpha value is -1.14. The third kappa shape index (κ3) is 3.89. The Kier molecular flexibility index (Phi) is 3.65. The summed E-state index contributed by atoms with van der Waals surface area (Å²) in [6.45, 7) is 0.520. The Bertz CT molecular complexity index is 165. The highest BCUT2D eigenvalue weighted by Gasteiger charge is 2.30. The fourth-order valence-corrected chi connectivity index (χ4v) is 0.653. The summed E-state index contributed by atoms with van der Waals surface area (Å²) < 4.78 is 35.4. The Morgan fingerprint density at radius 2 is 2.00 bits per heavy atom. The summed E-state index contributed by atoms with van der Waals surface area (Å²) in [6, 6.07) is 0. The van der Waals surface area contributed by atoms with Crippen molar-refractivity contribution < 1.29 is 13.2 Å². The van der Waals surface area contributed by atoms with E-state index in [1.807, 2.05) is 0 Å². The van der Waals surface area contributed by atoms with E-state index in [0.29, 0.717) is 0 Å². The summed E-state index contributed by atoms with van der Waals surface area (Å²) >= 11 is 0. The lowest BCUT2D eigenvalue weighted by molar-refractivity contribution is -0.137. The maximum absolute atomic E-state index is 11.8. The number of hydrogen-bond donors (Lipinski definition) is 2. The number of rotatable bonds is 2. The highest BCUT2D eigenvalue weighted by Crippen LogP contribution is 2.15. The monoisotopic (exact) mass is 184 g/mol. The lowest BCUT2D eigenvalue weighted by Crippen LogP contribution is -2.43. The van der Waals surface area contributed by atoms with Gasteiger partial charge in [-0.2, -0.15) is 13.2 Å². The fraction of sp³-hybridized carbons (Fsp3) is 0.800. The molecule has 0 aromatic rings. The van der Waals surface area contributed by atoms with Crippen LogP contribution < -0.4 is 11.6 Å². The molecule has 0 atom stereocenters. The minimum atomic E-state index is -4.29. The zero-order valence-corrected chi connectivity index (χ0v) is 6.60. The number of hydrazone groups is 1. The first-order valence-electron chi connectivity index (χ1n) is 3.25. The molecule has 0 radical (unpaired) electrons. The molecule has 0 aromatic carbocycles. The summed E-state index contributed by atoms with van der Waals surface area (Å²) in [5.74, 6) is 4.41. The average Bonchev–Trinajstić information content (AvgIpc) is 1.97. The number of nitrogens with zero attached hydrogens (tertiary/aromatic N) is 2. The van der Waals surface area contributed by atoms with Crippen molar-refractivity contribution >= 4 is 5.96 Å². The lowest BCUT2D eigenvalue weighted by atomic mass is 10.5. The predicted octanol–water partition coefficient (Wildman–Crippen LogP) is 0.0590. The largest absolute Gasteiger partial charge is 0.406 e. The molecule has 0 unspecified atom stereocenters. The van der Waals surface area contributed by atoms with Crippen molar-refractivity contribution in [2.45, 2.75) is 13.1 Å². The second kappa shape index (κ2) is 4.03. The molecule has 4 N–H and O–H groups in total. The minimum absolute atomic E-state index is 0.117. The molecule has 0 rings (SSSR count). The van der Waals surface area contributed by atoms with E-state index in [4.69, 9.17) is 11.6 Å². The highest BCUT2D eigenvalue weighted by atomic mass is 19.4. The molecule has 12 heavy (non-hydrogen) atoms.